The summed E-state index contributed by atoms with van der Waals surface area (Å²) >= 11 is 0. The molecule has 0 heterocycles. The minimum Gasteiger partial charge on any atom is -0.464 e. The first-order valence-electron chi connectivity index (χ1n) is 11.4. The zero-order valence-electron chi connectivity index (χ0n) is 19.4. The fraction of sp³-hybridized carbons (Fsp3) is 0.913. The Kier molecular flexibility index (Phi) is 11.8. The van der Waals surface area contributed by atoms with Gasteiger partial charge in [0.1, 0.15) is 12.1 Å². The average molecular weight is 413 g/mol. The summed E-state index contributed by atoms with van der Waals surface area (Å²) < 4.78 is 11.1. The Hall–Kier alpha value is -1.14. The highest BCUT2D eigenvalue weighted by molar-refractivity contribution is 5.76. The van der Waals surface area contributed by atoms with Gasteiger partial charge in [0.25, 0.3) is 0 Å². The molecule has 0 aromatic rings. The van der Waals surface area contributed by atoms with Crippen molar-refractivity contribution in [2.24, 2.45) is 29.4 Å². The smallest absolute Gasteiger partial charge is 0.323 e. The molecule has 0 saturated heterocycles. The Morgan fingerprint density at radius 3 is 1.69 bits per heavy atom. The van der Waals surface area contributed by atoms with Gasteiger partial charge in [-0.15, -0.1) is 0 Å². The third-order valence-corrected chi connectivity index (χ3v) is 5.44. The molecule has 6 nitrogen and oxygen atoms in total. The SMILES string of the molecule is CC(C)CC(N)C(=O)OCC1CCC(COC(=O)C(CC(C)C)NC(C)C)CC1. The van der Waals surface area contributed by atoms with E-state index in [1.807, 2.05) is 27.7 Å². The molecule has 0 spiro atoms. The molecule has 1 fully saturated rings. The summed E-state index contributed by atoms with van der Waals surface area (Å²) in [5.74, 6) is 1.17. The van der Waals surface area contributed by atoms with Crippen molar-refractivity contribution in [2.75, 3.05) is 13.2 Å². The Bertz CT molecular complexity index is 475. The lowest BCUT2D eigenvalue weighted by Crippen LogP contribution is -2.43. The highest BCUT2D eigenvalue weighted by Crippen LogP contribution is 2.29. The molecule has 170 valence electrons. The summed E-state index contributed by atoms with van der Waals surface area (Å²) in [7, 11) is 0. The van der Waals surface area contributed by atoms with E-state index in [9.17, 15) is 9.59 Å². The van der Waals surface area contributed by atoms with Crippen molar-refractivity contribution < 1.29 is 19.1 Å². The van der Waals surface area contributed by atoms with E-state index in [1.54, 1.807) is 0 Å². The fourth-order valence-corrected chi connectivity index (χ4v) is 3.88. The van der Waals surface area contributed by atoms with Crippen molar-refractivity contribution in [3.8, 4) is 0 Å². The van der Waals surface area contributed by atoms with Gasteiger partial charge < -0.3 is 20.5 Å². The van der Waals surface area contributed by atoms with Gasteiger partial charge in [-0.1, -0.05) is 41.5 Å². The van der Waals surface area contributed by atoms with Gasteiger partial charge >= 0.3 is 11.9 Å². The van der Waals surface area contributed by atoms with Crippen molar-refractivity contribution in [1.82, 2.24) is 5.32 Å². The van der Waals surface area contributed by atoms with E-state index >= 15 is 0 Å². The lowest BCUT2D eigenvalue weighted by Gasteiger charge is -2.29. The van der Waals surface area contributed by atoms with Crippen LogP contribution in [0.25, 0.3) is 0 Å². The van der Waals surface area contributed by atoms with E-state index in [0.29, 0.717) is 43.3 Å². The van der Waals surface area contributed by atoms with Crippen LogP contribution in [0, 0.1) is 23.7 Å². The molecule has 6 heteroatoms. The van der Waals surface area contributed by atoms with Crippen LogP contribution in [0.5, 0.6) is 0 Å². The number of rotatable bonds is 12. The number of hydrogen-bond acceptors (Lipinski definition) is 6. The Morgan fingerprint density at radius 1 is 0.828 bits per heavy atom. The average Bonchev–Trinajstić information content (AvgIpc) is 2.63. The molecule has 3 N–H and O–H groups in total. The van der Waals surface area contributed by atoms with Gasteiger partial charge in [0.05, 0.1) is 13.2 Å². The third-order valence-electron chi connectivity index (χ3n) is 5.44. The molecule has 0 bridgehead atoms. The predicted octanol–water partition coefficient (Wildman–Crippen LogP) is 3.67. The molecule has 1 aliphatic rings. The van der Waals surface area contributed by atoms with Crippen molar-refractivity contribution in [3.05, 3.63) is 0 Å². The van der Waals surface area contributed by atoms with Gasteiger partial charge in [0.15, 0.2) is 0 Å². The third kappa shape index (κ3) is 11.0. The van der Waals surface area contributed by atoms with Crippen molar-refractivity contribution in [3.63, 3.8) is 0 Å². The first-order chi connectivity index (χ1) is 13.6. The number of carbonyl (C=O) groups is 2. The maximum atomic E-state index is 12.5. The number of nitrogens with two attached hydrogens (primary N) is 1. The minimum absolute atomic E-state index is 0.136. The van der Waals surface area contributed by atoms with Gasteiger partial charge in [-0.25, -0.2) is 0 Å². The summed E-state index contributed by atoms with van der Waals surface area (Å²) in [5.41, 5.74) is 5.88. The molecule has 0 radical (unpaired) electrons. The zero-order chi connectivity index (χ0) is 22.0. The molecule has 2 unspecified atom stereocenters. The van der Waals surface area contributed by atoms with E-state index in [0.717, 1.165) is 32.1 Å². The number of carbonyl (C=O) groups excluding carboxylic acids is 2. The van der Waals surface area contributed by atoms with Crippen molar-refractivity contribution in [2.45, 2.75) is 98.2 Å². The molecule has 2 atom stereocenters. The summed E-state index contributed by atoms with van der Waals surface area (Å²) in [4.78, 5) is 24.5. The second-order valence-electron chi connectivity index (χ2n) is 9.89. The highest BCUT2D eigenvalue weighted by atomic mass is 16.5. The number of ether oxygens (including phenoxy) is 2. The van der Waals surface area contributed by atoms with Crippen LogP contribution >= 0.6 is 0 Å². The highest BCUT2D eigenvalue weighted by Gasteiger charge is 2.27. The van der Waals surface area contributed by atoms with E-state index in [-0.39, 0.29) is 24.0 Å². The van der Waals surface area contributed by atoms with Gasteiger partial charge in [-0.2, -0.15) is 0 Å². The van der Waals surface area contributed by atoms with Crippen LogP contribution in [-0.2, 0) is 19.1 Å². The van der Waals surface area contributed by atoms with Gasteiger partial charge in [-0.05, 0) is 62.2 Å². The maximum absolute atomic E-state index is 12.5. The van der Waals surface area contributed by atoms with Crippen LogP contribution in [0.4, 0.5) is 0 Å². The zero-order valence-corrected chi connectivity index (χ0v) is 19.4. The predicted molar refractivity (Wildman–Crippen MR) is 116 cm³/mol. The molecule has 1 saturated carbocycles. The molecular formula is C23H44N2O4. The largest absolute Gasteiger partial charge is 0.464 e. The quantitative estimate of drug-likeness (QED) is 0.475. The topological polar surface area (TPSA) is 90.7 Å². The number of nitrogens with one attached hydrogen (secondary N) is 1. The summed E-state index contributed by atoms with van der Waals surface area (Å²) in [6, 6.07) is -0.511. The molecule has 0 aliphatic heterocycles. The molecule has 0 amide bonds. The Labute approximate surface area is 177 Å². The van der Waals surface area contributed by atoms with Crippen LogP contribution in [0.1, 0.15) is 80.1 Å². The summed E-state index contributed by atoms with van der Waals surface area (Å²) in [5, 5.41) is 3.32. The van der Waals surface area contributed by atoms with Crippen LogP contribution < -0.4 is 11.1 Å². The summed E-state index contributed by atoms with van der Waals surface area (Å²) in [6.45, 7) is 13.4. The second kappa shape index (κ2) is 13.2. The maximum Gasteiger partial charge on any atom is 0.323 e. The normalized spacial score (nSPS) is 22.0. The molecule has 1 aliphatic carbocycles. The van der Waals surface area contributed by atoms with Crippen molar-refractivity contribution >= 4 is 11.9 Å². The van der Waals surface area contributed by atoms with Gasteiger partial charge in [0.2, 0.25) is 0 Å². The standard InChI is InChI=1S/C23H44N2O4/c1-15(2)11-20(24)22(26)28-13-18-7-9-19(10-8-18)14-29-23(27)21(12-16(3)4)25-17(5)6/h15-21,25H,7-14,24H2,1-6H3. The molecule has 0 aromatic heterocycles. The minimum atomic E-state index is -0.524. The fourth-order valence-electron chi connectivity index (χ4n) is 3.88. The van der Waals surface area contributed by atoms with Crippen LogP contribution in [0.2, 0.25) is 0 Å². The van der Waals surface area contributed by atoms with E-state index in [4.69, 9.17) is 15.2 Å². The molecular weight excluding hydrogens is 368 g/mol. The second-order valence-corrected chi connectivity index (χ2v) is 9.89. The van der Waals surface area contributed by atoms with E-state index in [1.165, 1.54) is 0 Å². The number of esters is 2. The Balaban J connectivity index is 2.30. The van der Waals surface area contributed by atoms with Gasteiger partial charge in [0, 0.05) is 6.04 Å². The number of hydrogen-bond donors (Lipinski definition) is 2. The van der Waals surface area contributed by atoms with Crippen LogP contribution in [0.15, 0.2) is 0 Å². The van der Waals surface area contributed by atoms with Gasteiger partial charge in [-0.3, -0.25) is 9.59 Å². The molecule has 29 heavy (non-hydrogen) atoms. The van der Waals surface area contributed by atoms with Crippen LogP contribution in [0.3, 0.4) is 0 Å². The first-order valence-corrected chi connectivity index (χ1v) is 11.4. The lowest BCUT2D eigenvalue weighted by atomic mass is 9.83. The van der Waals surface area contributed by atoms with E-state index in [2.05, 4.69) is 19.2 Å². The molecule has 0 aromatic carbocycles. The lowest BCUT2D eigenvalue weighted by molar-refractivity contribution is -0.150. The first kappa shape index (κ1) is 25.9. The van der Waals surface area contributed by atoms with Crippen LogP contribution in [-0.4, -0.2) is 43.3 Å². The monoisotopic (exact) mass is 412 g/mol. The van der Waals surface area contributed by atoms with E-state index < -0.39 is 6.04 Å². The van der Waals surface area contributed by atoms with Crippen molar-refractivity contribution in [1.29, 1.82) is 0 Å². The summed E-state index contributed by atoms with van der Waals surface area (Å²) in [6.07, 6.45) is 5.43. The Morgan fingerprint density at radius 2 is 1.28 bits per heavy atom. The molecule has 1 rings (SSSR count).